The minimum absolute atomic E-state index is 0.480. The molecule has 0 spiro atoms. The van der Waals surface area contributed by atoms with E-state index in [0.29, 0.717) is 6.17 Å². The van der Waals surface area contributed by atoms with E-state index < -0.39 is 0 Å². The maximum atomic E-state index is 2.29. The van der Waals surface area contributed by atoms with Gasteiger partial charge >= 0.3 is 0 Å². The molecule has 0 bridgehead atoms. The first-order chi connectivity index (χ1) is 7.19. The van der Waals surface area contributed by atoms with Crippen LogP contribution in [0.4, 0.5) is 0 Å². The van der Waals surface area contributed by atoms with Crippen LogP contribution in [-0.4, -0.2) is 23.6 Å². The van der Waals surface area contributed by atoms with Crippen LogP contribution in [0.1, 0.15) is 39.3 Å². The summed E-state index contributed by atoms with van der Waals surface area (Å²) >= 11 is 0. The van der Waals surface area contributed by atoms with Gasteiger partial charge < -0.3 is 0 Å². The largest absolute Gasteiger partial charge is 0.271 e. The zero-order valence-electron chi connectivity index (χ0n) is 10.5. The maximum Gasteiger partial charge on any atom is 0.245 e. The number of nitrogens with zero attached hydrogens (tertiary/aromatic N) is 3. The molecule has 1 aromatic rings. The lowest BCUT2D eigenvalue weighted by Crippen LogP contribution is -2.32. The Morgan fingerprint density at radius 2 is 2.07 bits per heavy atom. The highest BCUT2D eigenvalue weighted by Crippen LogP contribution is 2.11. The minimum atomic E-state index is 0.480. The molecule has 0 aliphatic rings. The average molecular weight is 210 g/mol. The fourth-order valence-electron chi connectivity index (χ4n) is 1.90. The first-order valence-electron chi connectivity index (χ1n) is 5.92. The lowest BCUT2D eigenvalue weighted by molar-refractivity contribution is -0.697. The Morgan fingerprint density at radius 3 is 2.60 bits per heavy atom. The molecule has 1 heterocycles. The Bertz CT molecular complexity index is 278. The number of rotatable bonds is 6. The topological polar surface area (TPSA) is 12.0 Å². The van der Waals surface area contributed by atoms with E-state index in [1.165, 1.54) is 12.8 Å². The first-order valence-corrected chi connectivity index (χ1v) is 5.92. The van der Waals surface area contributed by atoms with Gasteiger partial charge in [-0.3, -0.25) is 4.90 Å². The number of aromatic nitrogens is 2. The van der Waals surface area contributed by atoms with Gasteiger partial charge in [-0.15, -0.1) is 0 Å². The highest BCUT2D eigenvalue weighted by atomic mass is 15.3. The monoisotopic (exact) mass is 210 g/mol. The van der Waals surface area contributed by atoms with Crippen LogP contribution in [0.2, 0.25) is 0 Å². The van der Waals surface area contributed by atoms with Crippen molar-refractivity contribution in [1.29, 1.82) is 0 Å². The van der Waals surface area contributed by atoms with E-state index in [-0.39, 0.29) is 0 Å². The second-order valence-electron chi connectivity index (χ2n) is 4.30. The summed E-state index contributed by atoms with van der Waals surface area (Å²) in [5.74, 6) is 0. The summed E-state index contributed by atoms with van der Waals surface area (Å²) in [5, 5.41) is 0. The van der Waals surface area contributed by atoms with Gasteiger partial charge in [-0.05, 0) is 26.9 Å². The Balaban J connectivity index is 2.65. The third kappa shape index (κ3) is 3.34. The SMILES string of the molecule is CCCC[n+]1ccn(C(CC)N(C)C)c1. The van der Waals surface area contributed by atoms with E-state index in [0.717, 1.165) is 13.0 Å². The van der Waals surface area contributed by atoms with Crippen LogP contribution in [0.3, 0.4) is 0 Å². The molecule has 0 N–H and O–H groups in total. The normalized spacial score (nSPS) is 13.4. The zero-order valence-corrected chi connectivity index (χ0v) is 10.5. The fourth-order valence-corrected chi connectivity index (χ4v) is 1.90. The van der Waals surface area contributed by atoms with Crippen LogP contribution < -0.4 is 4.57 Å². The van der Waals surface area contributed by atoms with Crippen molar-refractivity contribution in [1.82, 2.24) is 9.47 Å². The molecule has 3 nitrogen and oxygen atoms in total. The highest BCUT2D eigenvalue weighted by molar-refractivity contribution is 4.73. The van der Waals surface area contributed by atoms with Crippen LogP contribution in [0.5, 0.6) is 0 Å². The van der Waals surface area contributed by atoms with Crippen LogP contribution in [0, 0.1) is 0 Å². The van der Waals surface area contributed by atoms with Crippen molar-refractivity contribution in [3.8, 4) is 0 Å². The smallest absolute Gasteiger partial charge is 0.245 e. The second kappa shape index (κ2) is 5.91. The summed E-state index contributed by atoms with van der Waals surface area (Å²) in [7, 11) is 4.26. The molecule has 0 fully saturated rings. The molecule has 0 saturated carbocycles. The summed E-state index contributed by atoms with van der Waals surface area (Å²) in [4.78, 5) is 2.25. The molecule has 1 aromatic heterocycles. The molecule has 0 amide bonds. The lowest BCUT2D eigenvalue weighted by atomic mass is 10.3. The summed E-state index contributed by atoms with van der Waals surface area (Å²) in [6, 6.07) is 0. The first kappa shape index (κ1) is 12.2. The standard InChI is InChI=1S/C12H24N3/c1-5-7-8-14-9-10-15(11-14)12(6-2)13(3)4/h9-12H,5-8H2,1-4H3/q+1. The van der Waals surface area contributed by atoms with Gasteiger partial charge in [-0.2, -0.15) is 0 Å². The Hall–Kier alpha value is -0.830. The fraction of sp³-hybridized carbons (Fsp3) is 0.750. The predicted molar refractivity (Wildman–Crippen MR) is 62.6 cm³/mol. The van der Waals surface area contributed by atoms with E-state index in [1.807, 2.05) is 0 Å². The average Bonchev–Trinajstić information content (AvgIpc) is 2.64. The van der Waals surface area contributed by atoms with Gasteiger partial charge in [-0.25, -0.2) is 9.13 Å². The molecular formula is C12H24N3+. The van der Waals surface area contributed by atoms with E-state index >= 15 is 0 Å². The van der Waals surface area contributed by atoms with Gasteiger partial charge in [0.2, 0.25) is 6.33 Å². The zero-order chi connectivity index (χ0) is 11.3. The maximum absolute atomic E-state index is 2.29. The van der Waals surface area contributed by atoms with Crippen LogP contribution >= 0.6 is 0 Å². The number of hydrogen-bond donors (Lipinski definition) is 0. The molecule has 0 saturated heterocycles. The van der Waals surface area contributed by atoms with Gasteiger partial charge in [-0.1, -0.05) is 20.3 Å². The van der Waals surface area contributed by atoms with Crippen molar-refractivity contribution in [2.24, 2.45) is 0 Å². The lowest BCUT2D eigenvalue weighted by Gasteiger charge is -2.18. The number of aryl methyl sites for hydroxylation is 1. The summed E-state index contributed by atoms with van der Waals surface area (Å²) in [6.07, 6.45) is 10.7. The Labute approximate surface area is 93.3 Å². The van der Waals surface area contributed by atoms with Gasteiger partial charge in [0.15, 0.2) is 6.17 Å². The van der Waals surface area contributed by atoms with Gasteiger partial charge in [0.1, 0.15) is 12.4 Å². The van der Waals surface area contributed by atoms with Crippen LogP contribution in [-0.2, 0) is 6.54 Å². The molecule has 15 heavy (non-hydrogen) atoms. The highest BCUT2D eigenvalue weighted by Gasteiger charge is 2.16. The molecule has 0 aliphatic carbocycles. The summed E-state index contributed by atoms with van der Waals surface area (Å²) < 4.78 is 4.56. The Morgan fingerprint density at radius 1 is 1.33 bits per heavy atom. The van der Waals surface area contributed by atoms with Crippen molar-refractivity contribution in [2.75, 3.05) is 14.1 Å². The predicted octanol–water partition coefficient (Wildman–Crippen LogP) is 2.05. The van der Waals surface area contributed by atoms with Crippen LogP contribution in [0.25, 0.3) is 0 Å². The van der Waals surface area contributed by atoms with Crippen molar-refractivity contribution in [3.05, 3.63) is 18.7 Å². The number of imidazole rings is 1. The second-order valence-corrected chi connectivity index (χ2v) is 4.30. The molecule has 0 radical (unpaired) electrons. The van der Waals surface area contributed by atoms with E-state index in [2.05, 4.69) is 60.7 Å². The van der Waals surface area contributed by atoms with Crippen molar-refractivity contribution < 1.29 is 4.57 Å². The van der Waals surface area contributed by atoms with Gasteiger partial charge in [0, 0.05) is 0 Å². The van der Waals surface area contributed by atoms with E-state index in [1.54, 1.807) is 0 Å². The van der Waals surface area contributed by atoms with Gasteiger partial charge in [0.25, 0.3) is 0 Å². The van der Waals surface area contributed by atoms with E-state index in [4.69, 9.17) is 0 Å². The van der Waals surface area contributed by atoms with Crippen molar-refractivity contribution in [3.63, 3.8) is 0 Å². The minimum Gasteiger partial charge on any atom is -0.271 e. The molecular weight excluding hydrogens is 186 g/mol. The Kier molecular flexibility index (Phi) is 4.82. The molecule has 0 aliphatic heterocycles. The molecule has 1 rings (SSSR count). The number of unbranched alkanes of at least 4 members (excludes halogenated alkanes) is 1. The van der Waals surface area contributed by atoms with Crippen molar-refractivity contribution >= 4 is 0 Å². The van der Waals surface area contributed by atoms with Crippen molar-refractivity contribution in [2.45, 2.75) is 45.8 Å². The van der Waals surface area contributed by atoms with E-state index in [9.17, 15) is 0 Å². The molecule has 86 valence electrons. The molecule has 1 atom stereocenters. The van der Waals surface area contributed by atoms with Crippen LogP contribution in [0.15, 0.2) is 18.7 Å². The third-order valence-corrected chi connectivity index (χ3v) is 2.79. The molecule has 3 heteroatoms. The molecule has 1 unspecified atom stereocenters. The number of hydrogen-bond acceptors (Lipinski definition) is 1. The molecule has 0 aromatic carbocycles. The third-order valence-electron chi connectivity index (χ3n) is 2.79. The van der Waals surface area contributed by atoms with Gasteiger partial charge in [0.05, 0.1) is 6.54 Å². The summed E-state index contributed by atoms with van der Waals surface area (Å²) in [5.41, 5.74) is 0. The quantitative estimate of drug-likeness (QED) is 0.654. The summed E-state index contributed by atoms with van der Waals surface area (Å²) in [6.45, 7) is 5.58.